The lowest BCUT2D eigenvalue weighted by Crippen LogP contribution is -2.41. The number of nitrogens with zero attached hydrogens (tertiary/aromatic N) is 2. The monoisotopic (exact) mass is 387 g/mol. The number of halogens is 2. The molecule has 1 fully saturated rings. The molecular formula is C19H31Cl2N3O. The van der Waals surface area contributed by atoms with Gasteiger partial charge < -0.3 is 15.1 Å². The second-order valence-electron chi connectivity index (χ2n) is 6.81. The predicted octanol–water partition coefficient (Wildman–Crippen LogP) is 3.33. The molecule has 0 spiro atoms. The van der Waals surface area contributed by atoms with Gasteiger partial charge in [-0.2, -0.15) is 0 Å². The smallest absolute Gasteiger partial charge is 0.253 e. The maximum atomic E-state index is 12.7. The van der Waals surface area contributed by atoms with Crippen molar-refractivity contribution in [2.45, 2.75) is 39.8 Å². The van der Waals surface area contributed by atoms with E-state index in [-0.39, 0.29) is 30.7 Å². The summed E-state index contributed by atoms with van der Waals surface area (Å²) in [5.41, 5.74) is 3.47. The van der Waals surface area contributed by atoms with E-state index in [0.29, 0.717) is 0 Å². The van der Waals surface area contributed by atoms with Crippen LogP contribution in [0.1, 0.15) is 48.2 Å². The third-order valence-electron chi connectivity index (χ3n) is 5.40. The van der Waals surface area contributed by atoms with Gasteiger partial charge in [0.2, 0.25) is 0 Å². The number of hydrogen-bond donors (Lipinski definition) is 1. The molecule has 0 saturated carbocycles. The molecule has 0 aliphatic carbocycles. The van der Waals surface area contributed by atoms with Gasteiger partial charge >= 0.3 is 0 Å². The van der Waals surface area contributed by atoms with Crippen LogP contribution < -0.4 is 5.32 Å². The zero-order valence-corrected chi connectivity index (χ0v) is 16.9. The molecule has 142 valence electrons. The molecule has 0 bridgehead atoms. The van der Waals surface area contributed by atoms with Gasteiger partial charge in [-0.1, -0.05) is 19.9 Å². The normalized spacial score (nSPS) is 17.0. The van der Waals surface area contributed by atoms with Crippen LogP contribution in [0.25, 0.3) is 0 Å². The Kier molecular flexibility index (Phi) is 9.22. The Hall–Kier alpha value is -0.810. The van der Waals surface area contributed by atoms with Crippen LogP contribution in [-0.2, 0) is 13.1 Å². The first kappa shape index (κ1) is 22.2. The Morgan fingerprint density at radius 1 is 1.12 bits per heavy atom. The maximum Gasteiger partial charge on any atom is 0.253 e. The van der Waals surface area contributed by atoms with Crippen molar-refractivity contribution in [3.8, 4) is 0 Å². The van der Waals surface area contributed by atoms with Gasteiger partial charge in [-0.25, -0.2) is 0 Å². The number of amides is 1. The molecule has 0 radical (unpaired) electrons. The Morgan fingerprint density at radius 3 is 2.40 bits per heavy atom. The van der Waals surface area contributed by atoms with Crippen LogP contribution in [-0.4, -0.2) is 48.4 Å². The molecule has 2 aliphatic rings. The highest BCUT2D eigenvalue weighted by Gasteiger charge is 2.25. The molecule has 2 heterocycles. The number of carbonyl (C=O) groups is 1. The zero-order chi connectivity index (χ0) is 16.2. The van der Waals surface area contributed by atoms with Crippen LogP contribution in [0.5, 0.6) is 0 Å². The highest BCUT2D eigenvalue weighted by molar-refractivity contribution is 5.94. The average Bonchev–Trinajstić information content (AvgIpc) is 3.07. The third kappa shape index (κ3) is 5.33. The van der Waals surface area contributed by atoms with Crippen LogP contribution in [0.4, 0.5) is 0 Å². The van der Waals surface area contributed by atoms with Crippen LogP contribution in [0.2, 0.25) is 0 Å². The standard InChI is InChI=1S/C19H29N3O.2ClH/c1-3-21(4-2)14-15-7-9-22(10-8-15)19(23)16-5-6-17-12-20-13-18(17)11-16;;/h5-6,11,15,20H,3-4,7-10,12-14H2,1-2H3;2*1H. The first-order chi connectivity index (χ1) is 11.2. The van der Waals surface area contributed by atoms with Crippen molar-refractivity contribution in [3.63, 3.8) is 0 Å². The summed E-state index contributed by atoms with van der Waals surface area (Å²) >= 11 is 0. The topological polar surface area (TPSA) is 35.6 Å². The number of carbonyl (C=O) groups excluding carboxylic acids is 1. The molecule has 6 heteroatoms. The summed E-state index contributed by atoms with van der Waals surface area (Å²) in [6.45, 7) is 11.5. The lowest BCUT2D eigenvalue weighted by Gasteiger charge is -2.34. The van der Waals surface area contributed by atoms with Gasteiger partial charge in [0.05, 0.1) is 0 Å². The van der Waals surface area contributed by atoms with Crippen molar-refractivity contribution >= 4 is 30.7 Å². The number of piperidine rings is 1. The molecule has 0 atom stereocenters. The summed E-state index contributed by atoms with van der Waals surface area (Å²) in [5.74, 6) is 0.948. The van der Waals surface area contributed by atoms with E-state index >= 15 is 0 Å². The van der Waals surface area contributed by atoms with E-state index in [1.165, 1.54) is 17.7 Å². The fourth-order valence-corrected chi connectivity index (χ4v) is 3.78. The Labute approximate surface area is 164 Å². The maximum absolute atomic E-state index is 12.7. The minimum absolute atomic E-state index is 0. The molecule has 0 aromatic heterocycles. The molecule has 1 aromatic rings. The lowest BCUT2D eigenvalue weighted by molar-refractivity contribution is 0.0669. The van der Waals surface area contributed by atoms with Crippen molar-refractivity contribution in [1.82, 2.24) is 15.1 Å². The summed E-state index contributed by atoms with van der Waals surface area (Å²) in [6, 6.07) is 6.19. The van der Waals surface area contributed by atoms with Gasteiger partial charge in [-0.15, -0.1) is 24.8 Å². The third-order valence-corrected chi connectivity index (χ3v) is 5.40. The number of hydrogen-bond acceptors (Lipinski definition) is 3. The highest BCUT2D eigenvalue weighted by Crippen LogP contribution is 2.22. The van der Waals surface area contributed by atoms with Crippen molar-refractivity contribution in [2.24, 2.45) is 5.92 Å². The van der Waals surface area contributed by atoms with Crippen LogP contribution >= 0.6 is 24.8 Å². The summed E-state index contributed by atoms with van der Waals surface area (Å²) in [7, 11) is 0. The first-order valence-corrected chi connectivity index (χ1v) is 9.05. The number of benzene rings is 1. The summed E-state index contributed by atoms with van der Waals surface area (Å²) in [6.07, 6.45) is 2.27. The number of rotatable bonds is 5. The van der Waals surface area contributed by atoms with Gasteiger partial charge in [-0.05, 0) is 55.1 Å². The second kappa shape index (κ2) is 10.4. The van der Waals surface area contributed by atoms with Gasteiger partial charge in [0.1, 0.15) is 0 Å². The largest absolute Gasteiger partial charge is 0.339 e. The Bertz CT molecular complexity index is 556. The quantitative estimate of drug-likeness (QED) is 0.841. The fourth-order valence-electron chi connectivity index (χ4n) is 3.78. The Balaban J connectivity index is 0.00000156. The fraction of sp³-hybridized carbons (Fsp3) is 0.632. The van der Waals surface area contributed by atoms with Gasteiger partial charge in [0, 0.05) is 38.3 Å². The molecule has 1 N–H and O–H groups in total. The van der Waals surface area contributed by atoms with E-state index in [0.717, 1.165) is 63.6 Å². The molecule has 25 heavy (non-hydrogen) atoms. The van der Waals surface area contributed by atoms with E-state index in [4.69, 9.17) is 0 Å². The molecule has 3 rings (SSSR count). The molecule has 1 amide bonds. The van der Waals surface area contributed by atoms with E-state index in [1.54, 1.807) is 0 Å². The van der Waals surface area contributed by atoms with Gasteiger partial charge in [0.15, 0.2) is 0 Å². The van der Waals surface area contributed by atoms with Crippen molar-refractivity contribution in [3.05, 3.63) is 34.9 Å². The van der Waals surface area contributed by atoms with Gasteiger partial charge in [-0.3, -0.25) is 4.79 Å². The SMILES string of the molecule is CCN(CC)CC1CCN(C(=O)c2ccc3c(c2)CNC3)CC1.Cl.Cl. The van der Waals surface area contributed by atoms with E-state index in [9.17, 15) is 4.79 Å². The summed E-state index contributed by atoms with van der Waals surface area (Å²) in [5, 5.41) is 3.34. The highest BCUT2D eigenvalue weighted by atomic mass is 35.5. The van der Waals surface area contributed by atoms with Crippen LogP contribution in [0.15, 0.2) is 18.2 Å². The molecule has 0 unspecified atom stereocenters. The first-order valence-electron chi connectivity index (χ1n) is 9.05. The van der Waals surface area contributed by atoms with E-state index in [2.05, 4.69) is 36.2 Å². The summed E-state index contributed by atoms with van der Waals surface area (Å²) in [4.78, 5) is 17.3. The minimum atomic E-state index is 0. The average molecular weight is 388 g/mol. The van der Waals surface area contributed by atoms with Crippen molar-refractivity contribution in [1.29, 1.82) is 0 Å². The molecule has 1 saturated heterocycles. The number of fused-ring (bicyclic) bond motifs is 1. The Morgan fingerprint density at radius 2 is 1.76 bits per heavy atom. The zero-order valence-electron chi connectivity index (χ0n) is 15.3. The summed E-state index contributed by atoms with van der Waals surface area (Å²) < 4.78 is 0. The minimum Gasteiger partial charge on any atom is -0.339 e. The molecule has 1 aromatic carbocycles. The molecular weight excluding hydrogens is 357 g/mol. The second-order valence-corrected chi connectivity index (χ2v) is 6.81. The number of nitrogens with one attached hydrogen (secondary N) is 1. The predicted molar refractivity (Wildman–Crippen MR) is 108 cm³/mol. The van der Waals surface area contributed by atoms with E-state index in [1.807, 2.05) is 11.0 Å². The molecule has 4 nitrogen and oxygen atoms in total. The van der Waals surface area contributed by atoms with Crippen LogP contribution in [0.3, 0.4) is 0 Å². The van der Waals surface area contributed by atoms with E-state index < -0.39 is 0 Å². The van der Waals surface area contributed by atoms with Crippen molar-refractivity contribution < 1.29 is 4.79 Å². The van der Waals surface area contributed by atoms with Gasteiger partial charge in [0.25, 0.3) is 5.91 Å². The van der Waals surface area contributed by atoms with Crippen LogP contribution in [0, 0.1) is 5.92 Å². The van der Waals surface area contributed by atoms with Crippen molar-refractivity contribution in [2.75, 3.05) is 32.7 Å². The lowest BCUT2D eigenvalue weighted by atomic mass is 9.95. The molecule has 2 aliphatic heterocycles. The number of likely N-dealkylation sites (tertiary alicyclic amines) is 1.